The number of nitrogens with zero attached hydrogens (tertiary/aromatic N) is 2. The van der Waals surface area contributed by atoms with Crippen LogP contribution in [0.15, 0.2) is 16.5 Å². The summed E-state index contributed by atoms with van der Waals surface area (Å²) in [6.07, 6.45) is 2.10. The van der Waals surface area contributed by atoms with Crippen molar-refractivity contribution in [2.24, 2.45) is 5.92 Å². The molecule has 0 unspecified atom stereocenters. The van der Waals surface area contributed by atoms with E-state index in [1.165, 1.54) is 12.1 Å². The van der Waals surface area contributed by atoms with Crippen LogP contribution < -0.4 is 5.32 Å². The lowest BCUT2D eigenvalue weighted by Crippen LogP contribution is -2.41. The summed E-state index contributed by atoms with van der Waals surface area (Å²) in [5.74, 6) is -0.366. The van der Waals surface area contributed by atoms with E-state index in [2.05, 4.69) is 24.1 Å². The Hall–Kier alpha value is -1.89. The van der Waals surface area contributed by atoms with Crippen molar-refractivity contribution in [3.63, 3.8) is 0 Å². The summed E-state index contributed by atoms with van der Waals surface area (Å²) in [4.78, 5) is 24.1. The monoisotopic (exact) mass is 295 g/mol. The van der Waals surface area contributed by atoms with E-state index in [4.69, 9.17) is 4.42 Å². The van der Waals surface area contributed by atoms with Crippen LogP contribution in [0.1, 0.15) is 37.2 Å². The number of hydrogen-bond acceptors (Lipinski definition) is 5. The first kappa shape index (κ1) is 15.5. The van der Waals surface area contributed by atoms with E-state index in [1.54, 1.807) is 0 Å². The van der Waals surface area contributed by atoms with Gasteiger partial charge in [0.1, 0.15) is 4.92 Å². The first-order valence-electron chi connectivity index (χ1n) is 7.24. The largest absolute Gasteiger partial charge is 0.433 e. The number of rotatable bonds is 5. The lowest BCUT2D eigenvalue weighted by molar-refractivity contribution is -0.402. The fourth-order valence-corrected chi connectivity index (χ4v) is 2.55. The average Bonchev–Trinajstić information content (AvgIpc) is 2.95. The minimum atomic E-state index is -0.654. The third kappa shape index (κ3) is 4.04. The van der Waals surface area contributed by atoms with Crippen molar-refractivity contribution in [1.82, 2.24) is 10.2 Å². The molecule has 0 radical (unpaired) electrons. The van der Waals surface area contributed by atoms with Gasteiger partial charge in [-0.2, -0.15) is 0 Å². The molecule has 7 nitrogen and oxygen atoms in total. The molecule has 0 saturated carbocycles. The molecular weight excluding hydrogens is 274 g/mol. The summed E-state index contributed by atoms with van der Waals surface area (Å²) in [7, 11) is 0. The van der Waals surface area contributed by atoms with Gasteiger partial charge in [-0.05, 0) is 51.8 Å². The zero-order valence-corrected chi connectivity index (χ0v) is 12.4. The van der Waals surface area contributed by atoms with E-state index in [0.717, 1.165) is 25.9 Å². The Morgan fingerprint density at radius 3 is 2.67 bits per heavy atom. The zero-order valence-electron chi connectivity index (χ0n) is 12.4. The van der Waals surface area contributed by atoms with Crippen molar-refractivity contribution in [1.29, 1.82) is 0 Å². The summed E-state index contributed by atoms with van der Waals surface area (Å²) in [6.45, 7) is 7.05. The van der Waals surface area contributed by atoms with Crippen LogP contribution in [0.4, 0.5) is 5.88 Å². The van der Waals surface area contributed by atoms with Crippen LogP contribution in [0.2, 0.25) is 0 Å². The molecule has 1 saturated heterocycles. The molecule has 0 aromatic carbocycles. The maximum atomic E-state index is 11.9. The number of piperidine rings is 1. The fourth-order valence-electron chi connectivity index (χ4n) is 2.55. The van der Waals surface area contributed by atoms with Gasteiger partial charge >= 0.3 is 5.88 Å². The van der Waals surface area contributed by atoms with Crippen LogP contribution in [0.3, 0.4) is 0 Å². The van der Waals surface area contributed by atoms with Crippen LogP contribution in [0.5, 0.6) is 0 Å². The van der Waals surface area contributed by atoms with E-state index in [9.17, 15) is 14.9 Å². The van der Waals surface area contributed by atoms with Crippen molar-refractivity contribution in [3.05, 3.63) is 28.0 Å². The predicted molar refractivity (Wildman–Crippen MR) is 77.1 cm³/mol. The third-order valence-corrected chi connectivity index (χ3v) is 3.93. The number of hydrogen-bond donors (Lipinski definition) is 1. The Balaban J connectivity index is 1.78. The van der Waals surface area contributed by atoms with Crippen molar-refractivity contribution < 1.29 is 14.1 Å². The molecule has 1 aliphatic heterocycles. The van der Waals surface area contributed by atoms with Crippen molar-refractivity contribution in [2.45, 2.75) is 32.7 Å². The quantitative estimate of drug-likeness (QED) is 0.663. The van der Waals surface area contributed by atoms with Gasteiger partial charge in [-0.1, -0.05) is 0 Å². The molecule has 1 N–H and O–H groups in total. The molecule has 21 heavy (non-hydrogen) atoms. The Bertz CT molecular complexity index is 504. The minimum absolute atomic E-state index is 0.0127. The highest BCUT2D eigenvalue weighted by molar-refractivity contribution is 5.91. The molecule has 1 aliphatic rings. The van der Waals surface area contributed by atoms with Gasteiger partial charge in [0.05, 0.1) is 6.07 Å². The Morgan fingerprint density at radius 2 is 2.14 bits per heavy atom. The molecule has 7 heteroatoms. The average molecular weight is 295 g/mol. The van der Waals surface area contributed by atoms with Gasteiger partial charge in [0.15, 0.2) is 5.76 Å². The van der Waals surface area contributed by atoms with Gasteiger partial charge in [0.2, 0.25) is 0 Å². The van der Waals surface area contributed by atoms with Gasteiger partial charge in [-0.25, -0.2) is 0 Å². The number of likely N-dealkylation sites (tertiary alicyclic amines) is 1. The molecule has 0 bridgehead atoms. The van der Waals surface area contributed by atoms with E-state index < -0.39 is 16.7 Å². The highest BCUT2D eigenvalue weighted by atomic mass is 16.6. The molecule has 0 aliphatic carbocycles. The molecule has 1 fully saturated rings. The Labute approximate surface area is 123 Å². The predicted octanol–water partition coefficient (Wildman–Crippen LogP) is 2.04. The van der Waals surface area contributed by atoms with E-state index >= 15 is 0 Å². The van der Waals surface area contributed by atoms with Gasteiger partial charge in [-0.3, -0.25) is 14.9 Å². The van der Waals surface area contributed by atoms with Gasteiger partial charge in [0.25, 0.3) is 5.91 Å². The number of amides is 1. The highest BCUT2D eigenvalue weighted by Gasteiger charge is 2.22. The maximum absolute atomic E-state index is 11.9. The van der Waals surface area contributed by atoms with Crippen LogP contribution in [0.25, 0.3) is 0 Å². The Morgan fingerprint density at radius 1 is 1.48 bits per heavy atom. The summed E-state index contributed by atoms with van der Waals surface area (Å²) in [5, 5.41) is 13.3. The second-order valence-electron chi connectivity index (χ2n) is 5.68. The number of furan rings is 1. The minimum Gasteiger partial charge on any atom is -0.395 e. The standard InChI is InChI=1S/C14H21N3O4/c1-10(2)16-7-5-11(6-8-16)9-15-14(18)12-3-4-13(21-12)17(19)20/h3-4,10-11H,5-9H2,1-2H3,(H,15,18). The number of nitrogens with one attached hydrogen (secondary N) is 1. The van der Waals surface area contributed by atoms with Gasteiger partial charge in [0, 0.05) is 12.6 Å². The summed E-state index contributed by atoms with van der Waals surface area (Å²) in [5.41, 5.74) is 0. The summed E-state index contributed by atoms with van der Waals surface area (Å²) >= 11 is 0. The second-order valence-corrected chi connectivity index (χ2v) is 5.68. The summed E-state index contributed by atoms with van der Waals surface area (Å²) in [6, 6.07) is 3.08. The normalized spacial score (nSPS) is 17.1. The molecule has 2 heterocycles. The molecule has 1 amide bonds. The maximum Gasteiger partial charge on any atom is 0.433 e. The lowest BCUT2D eigenvalue weighted by Gasteiger charge is -2.34. The second kappa shape index (κ2) is 6.71. The SMILES string of the molecule is CC(C)N1CCC(CNC(=O)c2ccc([N+](=O)[O-])o2)CC1. The van der Waals surface area contributed by atoms with Crippen molar-refractivity contribution in [3.8, 4) is 0 Å². The van der Waals surface area contributed by atoms with Crippen molar-refractivity contribution in [2.75, 3.05) is 19.6 Å². The number of carbonyl (C=O) groups is 1. The fraction of sp³-hybridized carbons (Fsp3) is 0.643. The van der Waals surface area contributed by atoms with E-state index in [1.807, 2.05) is 0 Å². The molecule has 116 valence electrons. The smallest absolute Gasteiger partial charge is 0.395 e. The Kier molecular flexibility index (Phi) is 4.95. The first-order valence-corrected chi connectivity index (χ1v) is 7.24. The van der Waals surface area contributed by atoms with E-state index in [-0.39, 0.29) is 5.76 Å². The van der Waals surface area contributed by atoms with Crippen LogP contribution in [0, 0.1) is 16.0 Å². The van der Waals surface area contributed by atoms with Crippen molar-refractivity contribution >= 4 is 11.8 Å². The zero-order chi connectivity index (χ0) is 15.4. The van der Waals surface area contributed by atoms with Crippen LogP contribution in [-0.2, 0) is 0 Å². The van der Waals surface area contributed by atoms with Gasteiger partial charge < -0.3 is 14.6 Å². The van der Waals surface area contributed by atoms with Crippen LogP contribution >= 0.6 is 0 Å². The topological polar surface area (TPSA) is 88.6 Å². The molecule has 1 aromatic rings. The number of carbonyl (C=O) groups excluding carboxylic acids is 1. The summed E-state index contributed by atoms with van der Waals surface area (Å²) < 4.78 is 4.88. The van der Waals surface area contributed by atoms with Crippen LogP contribution in [-0.4, -0.2) is 41.4 Å². The molecule has 0 atom stereocenters. The molecule has 1 aromatic heterocycles. The lowest BCUT2D eigenvalue weighted by atomic mass is 9.96. The molecular formula is C14H21N3O4. The third-order valence-electron chi connectivity index (χ3n) is 3.93. The van der Waals surface area contributed by atoms with E-state index in [0.29, 0.717) is 18.5 Å². The van der Waals surface area contributed by atoms with Gasteiger partial charge in [-0.15, -0.1) is 0 Å². The molecule has 2 rings (SSSR count). The first-order chi connectivity index (χ1) is 9.97. The highest BCUT2D eigenvalue weighted by Crippen LogP contribution is 2.19. The number of nitro groups is 1. The molecule has 0 spiro atoms.